The number of rotatable bonds is 4. The number of piperidine rings is 1. The average Bonchev–Trinajstić information content (AvgIpc) is 2.96. The molecule has 1 aromatic carbocycles. The predicted octanol–water partition coefficient (Wildman–Crippen LogP) is 3.21. The first-order valence-corrected chi connectivity index (χ1v) is 9.69. The van der Waals surface area contributed by atoms with Crippen LogP contribution in [0.4, 0.5) is 4.39 Å². The SMILES string of the molecule is Cc1cc(F)ccc1CN1C[C@@H]2CC[C@H](C1)N(Cc1cscn1)C2=O. The van der Waals surface area contributed by atoms with E-state index in [0.717, 1.165) is 49.3 Å². The zero-order chi connectivity index (χ0) is 17.4. The van der Waals surface area contributed by atoms with Crippen molar-refractivity contribution in [3.8, 4) is 0 Å². The molecule has 3 saturated heterocycles. The van der Waals surface area contributed by atoms with Crippen LogP contribution in [-0.2, 0) is 17.9 Å². The van der Waals surface area contributed by atoms with Crippen LogP contribution >= 0.6 is 11.3 Å². The van der Waals surface area contributed by atoms with E-state index in [0.29, 0.717) is 6.54 Å². The number of aromatic nitrogens is 1. The van der Waals surface area contributed by atoms with E-state index < -0.39 is 0 Å². The number of hydrogen-bond donors (Lipinski definition) is 0. The fourth-order valence-electron chi connectivity index (χ4n) is 4.03. The highest BCUT2D eigenvalue weighted by molar-refractivity contribution is 7.07. The van der Waals surface area contributed by atoms with Crippen LogP contribution in [0.5, 0.6) is 0 Å². The van der Waals surface area contributed by atoms with E-state index in [2.05, 4.69) is 9.88 Å². The van der Waals surface area contributed by atoms with E-state index in [-0.39, 0.29) is 23.7 Å². The highest BCUT2D eigenvalue weighted by atomic mass is 32.1. The summed E-state index contributed by atoms with van der Waals surface area (Å²) in [5.74, 6) is 0.141. The third-order valence-corrected chi connectivity index (χ3v) is 6.02. The molecule has 3 aliphatic heterocycles. The first-order valence-electron chi connectivity index (χ1n) is 8.75. The Morgan fingerprint density at radius 1 is 1.28 bits per heavy atom. The van der Waals surface area contributed by atoms with Crippen molar-refractivity contribution in [3.63, 3.8) is 0 Å². The molecule has 2 atom stereocenters. The second-order valence-corrected chi connectivity index (χ2v) is 7.86. The van der Waals surface area contributed by atoms with Crippen molar-refractivity contribution in [1.82, 2.24) is 14.8 Å². The number of nitrogens with zero attached hydrogens (tertiary/aromatic N) is 3. The van der Waals surface area contributed by atoms with E-state index >= 15 is 0 Å². The molecule has 2 bridgehead atoms. The van der Waals surface area contributed by atoms with Crippen molar-refractivity contribution >= 4 is 17.2 Å². The van der Waals surface area contributed by atoms with E-state index in [9.17, 15) is 9.18 Å². The third kappa shape index (κ3) is 3.46. The van der Waals surface area contributed by atoms with Crippen molar-refractivity contribution in [1.29, 1.82) is 0 Å². The molecule has 0 spiro atoms. The summed E-state index contributed by atoms with van der Waals surface area (Å²) in [6.45, 7) is 5.01. The molecule has 3 fully saturated rings. The standard InChI is InChI=1S/C19H22FN3OS/c1-13-6-16(20)4-2-14(13)7-22-8-15-3-5-18(10-22)23(19(15)24)9-17-11-25-12-21-17/h2,4,6,11-12,15,18H,3,5,7-10H2,1H3/t15-,18+/m0/s1. The first-order chi connectivity index (χ1) is 12.1. The fourth-order valence-corrected chi connectivity index (χ4v) is 4.58. The zero-order valence-corrected chi connectivity index (χ0v) is 15.1. The summed E-state index contributed by atoms with van der Waals surface area (Å²) < 4.78 is 13.3. The van der Waals surface area contributed by atoms with Crippen molar-refractivity contribution in [3.05, 3.63) is 51.7 Å². The minimum atomic E-state index is -0.193. The number of amides is 1. The molecule has 0 N–H and O–H groups in total. The molecule has 0 aliphatic carbocycles. The molecule has 4 heterocycles. The quantitative estimate of drug-likeness (QED) is 0.841. The molecule has 4 nitrogen and oxygen atoms in total. The van der Waals surface area contributed by atoms with Crippen LogP contribution < -0.4 is 0 Å². The molecule has 0 unspecified atom stereocenters. The maximum atomic E-state index is 13.3. The van der Waals surface area contributed by atoms with Crippen molar-refractivity contribution in [2.24, 2.45) is 5.92 Å². The predicted molar refractivity (Wildman–Crippen MR) is 95.6 cm³/mol. The second-order valence-electron chi connectivity index (χ2n) is 7.14. The van der Waals surface area contributed by atoms with Crippen LogP contribution in [0, 0.1) is 18.7 Å². The zero-order valence-electron chi connectivity index (χ0n) is 14.3. The number of thiazole rings is 1. The lowest BCUT2D eigenvalue weighted by Gasteiger charge is -2.35. The Hall–Kier alpha value is -1.79. The Morgan fingerprint density at radius 2 is 2.16 bits per heavy atom. The lowest BCUT2D eigenvalue weighted by molar-refractivity contribution is -0.140. The van der Waals surface area contributed by atoms with Crippen molar-refractivity contribution in [2.45, 2.75) is 38.9 Å². The van der Waals surface area contributed by atoms with Gasteiger partial charge in [-0.05, 0) is 43.0 Å². The molecule has 0 saturated carbocycles. The van der Waals surface area contributed by atoms with Gasteiger partial charge in [-0.3, -0.25) is 9.69 Å². The van der Waals surface area contributed by atoms with Gasteiger partial charge in [-0.2, -0.15) is 0 Å². The molecule has 6 heteroatoms. The van der Waals surface area contributed by atoms with Gasteiger partial charge in [-0.25, -0.2) is 9.37 Å². The maximum absolute atomic E-state index is 13.3. The number of halogens is 1. The molecule has 1 aromatic heterocycles. The molecular weight excluding hydrogens is 337 g/mol. The van der Waals surface area contributed by atoms with E-state index in [1.165, 1.54) is 6.07 Å². The van der Waals surface area contributed by atoms with Gasteiger partial charge >= 0.3 is 0 Å². The van der Waals surface area contributed by atoms with Gasteiger partial charge in [-0.15, -0.1) is 11.3 Å². The van der Waals surface area contributed by atoms with Gasteiger partial charge in [0.25, 0.3) is 0 Å². The van der Waals surface area contributed by atoms with Crippen molar-refractivity contribution in [2.75, 3.05) is 13.1 Å². The summed E-state index contributed by atoms with van der Waals surface area (Å²) in [6, 6.07) is 5.22. The van der Waals surface area contributed by atoms with Gasteiger partial charge in [0.2, 0.25) is 5.91 Å². The lowest BCUT2D eigenvalue weighted by Crippen LogP contribution is -2.47. The number of hydrogen-bond acceptors (Lipinski definition) is 4. The Kier molecular flexibility index (Phi) is 4.56. The van der Waals surface area contributed by atoms with Crippen LogP contribution in [0.3, 0.4) is 0 Å². The normalized spacial score (nSPS) is 23.9. The molecule has 5 rings (SSSR count). The van der Waals surface area contributed by atoms with Crippen LogP contribution in [0.2, 0.25) is 0 Å². The molecular formula is C19H22FN3OS. The molecule has 0 radical (unpaired) electrons. The van der Waals surface area contributed by atoms with E-state index in [1.807, 2.05) is 28.8 Å². The number of fused-ring (bicyclic) bond motifs is 4. The summed E-state index contributed by atoms with van der Waals surface area (Å²) in [4.78, 5) is 21.6. The van der Waals surface area contributed by atoms with Gasteiger partial charge in [0.15, 0.2) is 0 Å². The number of benzene rings is 1. The van der Waals surface area contributed by atoms with Crippen LogP contribution in [0.1, 0.15) is 29.7 Å². The van der Waals surface area contributed by atoms with E-state index in [1.54, 1.807) is 17.4 Å². The van der Waals surface area contributed by atoms with Gasteiger partial charge in [0.05, 0.1) is 23.7 Å². The van der Waals surface area contributed by atoms with Gasteiger partial charge in [-0.1, -0.05) is 6.07 Å². The first kappa shape index (κ1) is 16.7. The number of aryl methyl sites for hydroxylation is 1. The molecule has 25 heavy (non-hydrogen) atoms. The third-order valence-electron chi connectivity index (χ3n) is 5.38. The van der Waals surface area contributed by atoms with Crippen molar-refractivity contribution < 1.29 is 9.18 Å². The largest absolute Gasteiger partial charge is 0.332 e. The lowest BCUT2D eigenvalue weighted by atomic mass is 9.94. The molecule has 2 aromatic rings. The highest BCUT2D eigenvalue weighted by Crippen LogP contribution is 2.31. The van der Waals surface area contributed by atoms with Crippen LogP contribution in [0.25, 0.3) is 0 Å². The second kappa shape index (κ2) is 6.84. The summed E-state index contributed by atoms with van der Waals surface area (Å²) in [5, 5.41) is 2.02. The fraction of sp³-hybridized carbons (Fsp3) is 0.474. The Balaban J connectivity index is 1.51. The summed E-state index contributed by atoms with van der Waals surface area (Å²) in [5.41, 5.74) is 4.91. The van der Waals surface area contributed by atoms with Gasteiger partial charge in [0, 0.05) is 31.1 Å². The van der Waals surface area contributed by atoms with Crippen LogP contribution in [-0.4, -0.2) is 39.8 Å². The topological polar surface area (TPSA) is 36.4 Å². The average molecular weight is 359 g/mol. The minimum absolute atomic E-state index is 0.0677. The maximum Gasteiger partial charge on any atom is 0.227 e. The smallest absolute Gasteiger partial charge is 0.227 e. The molecule has 1 amide bonds. The van der Waals surface area contributed by atoms with Crippen LogP contribution in [0.15, 0.2) is 29.1 Å². The van der Waals surface area contributed by atoms with Gasteiger partial charge < -0.3 is 4.90 Å². The summed E-state index contributed by atoms with van der Waals surface area (Å²) in [7, 11) is 0. The summed E-state index contributed by atoms with van der Waals surface area (Å²) in [6.07, 6.45) is 2.02. The van der Waals surface area contributed by atoms with E-state index in [4.69, 9.17) is 0 Å². The van der Waals surface area contributed by atoms with Gasteiger partial charge in [0.1, 0.15) is 5.82 Å². The Morgan fingerprint density at radius 3 is 2.92 bits per heavy atom. The number of carbonyl (C=O) groups is 1. The highest BCUT2D eigenvalue weighted by Gasteiger charge is 2.40. The molecule has 3 aliphatic rings. The monoisotopic (exact) mass is 359 g/mol. The summed E-state index contributed by atoms with van der Waals surface area (Å²) >= 11 is 1.57. The Labute approximate surface area is 151 Å². The number of carbonyl (C=O) groups excluding carboxylic acids is 1. The Bertz CT molecular complexity index is 764. The minimum Gasteiger partial charge on any atom is -0.332 e. The molecule has 132 valence electrons.